The fraction of sp³-hybridized carbons (Fsp3) is 0.348. The van der Waals surface area contributed by atoms with Gasteiger partial charge < -0.3 is 0 Å². The van der Waals surface area contributed by atoms with Crippen LogP contribution in [0.15, 0.2) is 48.5 Å². The molecule has 28 heavy (non-hydrogen) atoms. The molecule has 0 spiro atoms. The molecule has 4 rings (SSSR count). The molecular formula is C23H26INO3. The zero-order chi connectivity index (χ0) is 20.3. The van der Waals surface area contributed by atoms with E-state index in [0.717, 1.165) is 20.2 Å². The number of carbonyl (C=O) groups is 1. The summed E-state index contributed by atoms with van der Waals surface area (Å²) >= 11 is -2.30. The summed E-state index contributed by atoms with van der Waals surface area (Å²) < 4.78 is 16.5. The van der Waals surface area contributed by atoms with Crippen LogP contribution in [0.5, 0.6) is 0 Å². The molecule has 0 saturated heterocycles. The van der Waals surface area contributed by atoms with Gasteiger partial charge in [0.05, 0.1) is 0 Å². The van der Waals surface area contributed by atoms with Crippen LogP contribution in [0.1, 0.15) is 45.7 Å². The number of rotatable bonds is 1. The van der Waals surface area contributed by atoms with Crippen molar-refractivity contribution in [2.45, 2.75) is 52.7 Å². The molecule has 0 fully saturated rings. The van der Waals surface area contributed by atoms with Gasteiger partial charge in [0.25, 0.3) is 0 Å². The van der Waals surface area contributed by atoms with Gasteiger partial charge in [-0.1, -0.05) is 0 Å². The number of benzene rings is 2. The van der Waals surface area contributed by atoms with Gasteiger partial charge in [-0.25, -0.2) is 0 Å². The minimum atomic E-state index is -2.30. The van der Waals surface area contributed by atoms with Crippen molar-refractivity contribution in [3.63, 3.8) is 0 Å². The predicted molar refractivity (Wildman–Crippen MR) is 120 cm³/mol. The summed E-state index contributed by atoms with van der Waals surface area (Å²) in [6.45, 7) is 12.0. The van der Waals surface area contributed by atoms with Crippen molar-refractivity contribution in [1.82, 2.24) is 4.57 Å². The van der Waals surface area contributed by atoms with Crippen molar-refractivity contribution in [3.05, 3.63) is 66.9 Å². The number of para-hydroxylation sites is 1. The van der Waals surface area contributed by atoms with Gasteiger partial charge in [0.15, 0.2) is 0 Å². The Morgan fingerprint density at radius 2 is 1.71 bits per heavy atom. The molecule has 0 bridgehead atoms. The van der Waals surface area contributed by atoms with Crippen LogP contribution in [-0.2, 0) is 13.4 Å². The van der Waals surface area contributed by atoms with Gasteiger partial charge in [0, 0.05) is 0 Å². The standard InChI is InChI=1S/C23H26INO3/c1-15-16-11-7-10-14-19(16)25(21(26)27-22(2,3)4)20(15)24-18-13-9-8-12-17(18)23(5,6)28-24/h7-14H,1-6H3. The first-order valence-electron chi connectivity index (χ1n) is 9.42. The van der Waals surface area contributed by atoms with Gasteiger partial charge in [-0.05, 0) is 0 Å². The third kappa shape index (κ3) is 3.14. The molecule has 1 aliphatic rings. The molecule has 2 aromatic carbocycles. The zero-order valence-corrected chi connectivity index (χ0v) is 19.3. The van der Waals surface area contributed by atoms with E-state index in [1.54, 1.807) is 4.57 Å². The summed E-state index contributed by atoms with van der Waals surface area (Å²) in [5, 5.41) is 1.08. The predicted octanol–water partition coefficient (Wildman–Crippen LogP) is 6.46. The van der Waals surface area contributed by atoms with Gasteiger partial charge in [0.2, 0.25) is 0 Å². The van der Waals surface area contributed by atoms with E-state index in [1.165, 1.54) is 9.13 Å². The first kappa shape index (κ1) is 19.5. The second-order valence-electron chi connectivity index (χ2n) is 8.56. The van der Waals surface area contributed by atoms with E-state index in [2.05, 4.69) is 51.1 Å². The van der Waals surface area contributed by atoms with E-state index in [-0.39, 0.29) is 11.7 Å². The van der Waals surface area contributed by atoms with Gasteiger partial charge in [-0.15, -0.1) is 0 Å². The molecule has 0 N–H and O–H groups in total. The molecule has 0 radical (unpaired) electrons. The Bertz CT molecular complexity index is 1080. The summed E-state index contributed by atoms with van der Waals surface area (Å²) in [6.07, 6.45) is -0.338. The third-order valence-electron chi connectivity index (χ3n) is 4.77. The number of nitrogens with zero attached hydrogens (tertiary/aromatic N) is 1. The van der Waals surface area contributed by atoms with E-state index in [9.17, 15) is 4.79 Å². The Hall–Kier alpha value is -1.86. The van der Waals surface area contributed by atoms with Gasteiger partial charge in [0.1, 0.15) is 0 Å². The molecule has 3 aromatic rings. The number of ether oxygens (including phenoxy) is 1. The van der Waals surface area contributed by atoms with Gasteiger partial charge >= 0.3 is 174 Å². The van der Waals surface area contributed by atoms with Gasteiger partial charge in [-0.3, -0.25) is 0 Å². The Morgan fingerprint density at radius 1 is 1.07 bits per heavy atom. The second-order valence-corrected chi connectivity index (χ2v) is 12.6. The fourth-order valence-corrected chi connectivity index (χ4v) is 9.72. The van der Waals surface area contributed by atoms with E-state index in [4.69, 9.17) is 7.80 Å². The van der Waals surface area contributed by atoms with Crippen molar-refractivity contribution >= 4 is 37.2 Å². The van der Waals surface area contributed by atoms with E-state index in [0.29, 0.717) is 0 Å². The number of hydrogen-bond donors (Lipinski definition) is 0. The molecule has 0 amide bonds. The van der Waals surface area contributed by atoms with Gasteiger partial charge in [-0.2, -0.15) is 0 Å². The average molecular weight is 491 g/mol. The van der Waals surface area contributed by atoms with Crippen LogP contribution in [0.4, 0.5) is 4.79 Å². The quantitative estimate of drug-likeness (QED) is 0.367. The molecule has 0 saturated carbocycles. The number of fused-ring (bicyclic) bond motifs is 2. The number of carbonyl (C=O) groups excluding carboxylic acids is 1. The van der Waals surface area contributed by atoms with Crippen LogP contribution in [0, 0.1) is 14.2 Å². The van der Waals surface area contributed by atoms with Crippen molar-refractivity contribution in [1.29, 1.82) is 0 Å². The molecule has 0 unspecified atom stereocenters. The van der Waals surface area contributed by atoms with Crippen LogP contribution in [0.25, 0.3) is 10.9 Å². The Balaban J connectivity index is 1.97. The number of hydrogen-bond acceptors (Lipinski definition) is 3. The van der Waals surface area contributed by atoms with Crippen LogP contribution >= 0.6 is 20.2 Å². The average Bonchev–Trinajstić information content (AvgIpc) is 3.06. The first-order chi connectivity index (χ1) is 13.1. The summed E-state index contributed by atoms with van der Waals surface area (Å²) in [5.74, 6) is 0. The number of aromatic nitrogens is 1. The summed E-state index contributed by atoms with van der Waals surface area (Å²) in [7, 11) is 0. The maximum atomic E-state index is 13.2. The maximum absolute atomic E-state index is 13.2. The molecule has 148 valence electrons. The van der Waals surface area contributed by atoms with E-state index in [1.807, 2.05) is 39.0 Å². The van der Waals surface area contributed by atoms with Crippen molar-refractivity contribution < 1.29 is 12.6 Å². The monoisotopic (exact) mass is 491 g/mol. The van der Waals surface area contributed by atoms with Crippen LogP contribution < -0.4 is 0 Å². The topological polar surface area (TPSA) is 40.5 Å². The molecular weight excluding hydrogens is 465 g/mol. The molecule has 2 heterocycles. The summed E-state index contributed by atoms with van der Waals surface area (Å²) in [4.78, 5) is 13.2. The molecule has 5 heteroatoms. The van der Waals surface area contributed by atoms with Crippen LogP contribution in [0.3, 0.4) is 0 Å². The SMILES string of the molecule is Cc1c(I2OC(C)(C)c3ccccc32)n(C(=O)OC(C)(C)C)c2ccccc12. The van der Waals surface area contributed by atoms with Crippen molar-refractivity contribution in [2.24, 2.45) is 0 Å². The second kappa shape index (κ2) is 6.59. The fourth-order valence-electron chi connectivity index (χ4n) is 3.57. The van der Waals surface area contributed by atoms with E-state index < -0.39 is 25.8 Å². The first-order valence-corrected chi connectivity index (χ1v) is 12.5. The number of halogens is 1. The molecule has 0 aliphatic carbocycles. The summed E-state index contributed by atoms with van der Waals surface area (Å²) in [6, 6.07) is 16.4. The zero-order valence-electron chi connectivity index (χ0n) is 17.2. The van der Waals surface area contributed by atoms with Crippen LogP contribution in [-0.4, -0.2) is 16.3 Å². The van der Waals surface area contributed by atoms with Crippen molar-refractivity contribution in [3.8, 4) is 0 Å². The third-order valence-corrected chi connectivity index (χ3v) is 10.5. The van der Waals surface area contributed by atoms with Crippen molar-refractivity contribution in [2.75, 3.05) is 0 Å². The Labute approximate surface area is 173 Å². The Kier molecular flexibility index (Phi) is 4.58. The normalized spacial score (nSPS) is 17.0. The van der Waals surface area contributed by atoms with Crippen LogP contribution in [0.2, 0.25) is 0 Å². The summed E-state index contributed by atoms with van der Waals surface area (Å²) in [5.41, 5.74) is 2.29. The molecule has 1 aromatic heterocycles. The molecule has 1 aliphatic heterocycles. The number of aryl methyl sites for hydroxylation is 1. The molecule has 0 atom stereocenters. The van der Waals surface area contributed by atoms with E-state index >= 15 is 0 Å². The molecule has 4 nitrogen and oxygen atoms in total. The minimum absolute atomic E-state index is 0.338. The Morgan fingerprint density at radius 3 is 2.43 bits per heavy atom.